The van der Waals surface area contributed by atoms with Gasteiger partial charge in [0.25, 0.3) is 0 Å². The smallest absolute Gasteiger partial charge is 0.319 e. The van der Waals surface area contributed by atoms with Crippen LogP contribution in [0.1, 0.15) is 18.4 Å². The average Bonchev–Trinajstić information content (AvgIpc) is 3.13. The van der Waals surface area contributed by atoms with Crippen LogP contribution in [0.3, 0.4) is 0 Å². The monoisotopic (exact) mass is 235 g/mol. The third-order valence-electron chi connectivity index (χ3n) is 2.66. The topological polar surface area (TPSA) is 76.4 Å². The highest BCUT2D eigenvalue weighted by Crippen LogP contribution is 2.26. The normalized spacial score (nSPS) is 14.2. The summed E-state index contributed by atoms with van der Waals surface area (Å²) in [5, 5.41) is 5.62. The SMILES string of the molecule is COc1cc(CN)ccc1NC(=O)NC1CC1. The van der Waals surface area contributed by atoms with Crippen LogP contribution in [0.4, 0.5) is 10.5 Å². The Balaban J connectivity index is 2.05. The molecule has 92 valence electrons. The Hall–Kier alpha value is -1.75. The molecule has 1 aromatic carbocycles. The number of hydrogen-bond donors (Lipinski definition) is 3. The first-order chi connectivity index (χ1) is 8.22. The number of rotatable bonds is 4. The molecule has 1 aliphatic carbocycles. The van der Waals surface area contributed by atoms with Crippen LogP contribution in [0, 0.1) is 0 Å². The van der Waals surface area contributed by atoms with Gasteiger partial charge in [-0.3, -0.25) is 0 Å². The van der Waals surface area contributed by atoms with Crippen molar-refractivity contribution >= 4 is 11.7 Å². The minimum Gasteiger partial charge on any atom is -0.495 e. The Morgan fingerprint density at radius 3 is 2.88 bits per heavy atom. The van der Waals surface area contributed by atoms with E-state index in [0.29, 0.717) is 24.0 Å². The molecule has 0 saturated heterocycles. The lowest BCUT2D eigenvalue weighted by Crippen LogP contribution is -2.30. The Morgan fingerprint density at radius 1 is 1.53 bits per heavy atom. The van der Waals surface area contributed by atoms with Crippen molar-refractivity contribution in [3.05, 3.63) is 23.8 Å². The zero-order chi connectivity index (χ0) is 12.3. The van der Waals surface area contributed by atoms with E-state index in [1.807, 2.05) is 12.1 Å². The second kappa shape index (κ2) is 5.05. The van der Waals surface area contributed by atoms with Crippen molar-refractivity contribution in [3.8, 4) is 5.75 Å². The second-order valence-electron chi connectivity index (χ2n) is 4.11. The molecule has 0 bridgehead atoms. The van der Waals surface area contributed by atoms with Crippen molar-refractivity contribution < 1.29 is 9.53 Å². The van der Waals surface area contributed by atoms with Gasteiger partial charge in [0.05, 0.1) is 12.8 Å². The molecule has 1 saturated carbocycles. The first-order valence-corrected chi connectivity index (χ1v) is 5.67. The minimum absolute atomic E-state index is 0.189. The van der Waals surface area contributed by atoms with Gasteiger partial charge in [-0.15, -0.1) is 0 Å². The summed E-state index contributed by atoms with van der Waals surface area (Å²) in [6.45, 7) is 0.449. The van der Waals surface area contributed by atoms with Gasteiger partial charge in [0.15, 0.2) is 0 Å². The highest BCUT2D eigenvalue weighted by molar-refractivity contribution is 5.91. The summed E-state index contributed by atoms with van der Waals surface area (Å²) in [6, 6.07) is 5.64. The number of benzene rings is 1. The molecule has 1 aromatic rings. The predicted octanol–water partition coefficient (Wildman–Crippen LogP) is 1.44. The van der Waals surface area contributed by atoms with Crippen molar-refractivity contribution in [2.24, 2.45) is 5.73 Å². The van der Waals surface area contributed by atoms with Gasteiger partial charge in [0.2, 0.25) is 0 Å². The van der Waals surface area contributed by atoms with Crippen LogP contribution in [0.5, 0.6) is 5.75 Å². The lowest BCUT2D eigenvalue weighted by molar-refractivity contribution is 0.251. The number of anilines is 1. The van der Waals surface area contributed by atoms with Gasteiger partial charge in [-0.25, -0.2) is 4.79 Å². The molecule has 1 fully saturated rings. The molecular formula is C12H17N3O2. The van der Waals surface area contributed by atoms with Crippen LogP contribution in [0.25, 0.3) is 0 Å². The van der Waals surface area contributed by atoms with Gasteiger partial charge in [0.1, 0.15) is 5.75 Å². The number of carbonyl (C=O) groups excluding carboxylic acids is 1. The molecule has 5 nitrogen and oxygen atoms in total. The van der Waals surface area contributed by atoms with E-state index in [4.69, 9.17) is 10.5 Å². The highest BCUT2D eigenvalue weighted by Gasteiger charge is 2.23. The summed E-state index contributed by atoms with van der Waals surface area (Å²) in [7, 11) is 1.57. The molecule has 2 rings (SSSR count). The summed E-state index contributed by atoms with van der Waals surface area (Å²) in [5.74, 6) is 0.624. The second-order valence-corrected chi connectivity index (χ2v) is 4.11. The Bertz CT molecular complexity index is 416. The van der Waals surface area contributed by atoms with Gasteiger partial charge in [-0.2, -0.15) is 0 Å². The molecule has 17 heavy (non-hydrogen) atoms. The summed E-state index contributed by atoms with van der Waals surface area (Å²) in [4.78, 5) is 11.6. The van der Waals surface area contributed by atoms with E-state index in [1.165, 1.54) is 0 Å². The van der Waals surface area contributed by atoms with Crippen molar-refractivity contribution in [1.82, 2.24) is 5.32 Å². The van der Waals surface area contributed by atoms with Crippen LogP contribution in [-0.2, 0) is 6.54 Å². The number of urea groups is 1. The third kappa shape index (κ3) is 3.10. The maximum absolute atomic E-state index is 11.6. The minimum atomic E-state index is -0.189. The molecule has 0 atom stereocenters. The van der Waals surface area contributed by atoms with Gasteiger partial charge in [-0.1, -0.05) is 6.07 Å². The zero-order valence-corrected chi connectivity index (χ0v) is 9.82. The molecule has 0 heterocycles. The van der Waals surface area contributed by atoms with Crippen LogP contribution in [0.15, 0.2) is 18.2 Å². The summed E-state index contributed by atoms with van der Waals surface area (Å²) < 4.78 is 5.21. The Kier molecular flexibility index (Phi) is 3.49. The zero-order valence-electron chi connectivity index (χ0n) is 9.82. The van der Waals surface area contributed by atoms with Gasteiger partial charge in [-0.05, 0) is 30.5 Å². The van der Waals surface area contributed by atoms with Gasteiger partial charge < -0.3 is 21.1 Å². The highest BCUT2D eigenvalue weighted by atomic mass is 16.5. The molecule has 0 aliphatic heterocycles. The van der Waals surface area contributed by atoms with Crippen molar-refractivity contribution in [2.45, 2.75) is 25.4 Å². The Labute approximate surface area is 100 Å². The molecule has 0 spiro atoms. The largest absolute Gasteiger partial charge is 0.495 e. The number of amides is 2. The molecule has 0 aromatic heterocycles. The number of methoxy groups -OCH3 is 1. The van der Waals surface area contributed by atoms with Gasteiger partial charge >= 0.3 is 6.03 Å². The Morgan fingerprint density at radius 2 is 2.29 bits per heavy atom. The fourth-order valence-corrected chi connectivity index (χ4v) is 1.54. The van der Waals surface area contributed by atoms with E-state index in [-0.39, 0.29) is 6.03 Å². The third-order valence-corrected chi connectivity index (χ3v) is 2.66. The average molecular weight is 235 g/mol. The summed E-state index contributed by atoms with van der Waals surface area (Å²) in [6.07, 6.45) is 2.13. The van der Waals surface area contributed by atoms with E-state index in [0.717, 1.165) is 18.4 Å². The maximum atomic E-state index is 11.6. The first-order valence-electron chi connectivity index (χ1n) is 5.67. The molecular weight excluding hydrogens is 218 g/mol. The number of nitrogens with two attached hydrogens (primary N) is 1. The number of carbonyl (C=O) groups is 1. The summed E-state index contributed by atoms with van der Waals surface area (Å²) in [5.41, 5.74) is 7.17. The van der Waals surface area contributed by atoms with E-state index in [1.54, 1.807) is 13.2 Å². The number of ether oxygens (including phenoxy) is 1. The fraction of sp³-hybridized carbons (Fsp3) is 0.417. The molecule has 0 radical (unpaired) electrons. The van der Waals surface area contributed by atoms with Crippen molar-refractivity contribution in [1.29, 1.82) is 0 Å². The standard InChI is InChI=1S/C12H17N3O2/c1-17-11-6-8(7-13)2-5-10(11)15-12(16)14-9-3-4-9/h2,5-6,9H,3-4,7,13H2,1H3,(H2,14,15,16). The maximum Gasteiger partial charge on any atom is 0.319 e. The first kappa shape index (κ1) is 11.7. The van der Waals surface area contributed by atoms with E-state index < -0.39 is 0 Å². The molecule has 1 aliphatic rings. The van der Waals surface area contributed by atoms with E-state index >= 15 is 0 Å². The number of nitrogens with one attached hydrogen (secondary N) is 2. The van der Waals surface area contributed by atoms with Crippen molar-refractivity contribution in [3.63, 3.8) is 0 Å². The van der Waals surface area contributed by atoms with Crippen molar-refractivity contribution in [2.75, 3.05) is 12.4 Å². The van der Waals surface area contributed by atoms with Crippen LogP contribution >= 0.6 is 0 Å². The van der Waals surface area contributed by atoms with Crippen LogP contribution < -0.4 is 21.1 Å². The van der Waals surface area contributed by atoms with Crippen LogP contribution in [0.2, 0.25) is 0 Å². The molecule has 2 amide bonds. The predicted molar refractivity (Wildman–Crippen MR) is 66.1 cm³/mol. The fourth-order valence-electron chi connectivity index (χ4n) is 1.54. The summed E-state index contributed by atoms with van der Waals surface area (Å²) >= 11 is 0. The van der Waals surface area contributed by atoms with Crippen LogP contribution in [-0.4, -0.2) is 19.2 Å². The molecule has 5 heteroatoms. The molecule has 0 unspecified atom stereocenters. The number of hydrogen-bond acceptors (Lipinski definition) is 3. The lowest BCUT2D eigenvalue weighted by Gasteiger charge is -2.11. The quantitative estimate of drug-likeness (QED) is 0.739. The van der Waals surface area contributed by atoms with Gasteiger partial charge in [0, 0.05) is 12.6 Å². The van der Waals surface area contributed by atoms with E-state index in [9.17, 15) is 4.79 Å². The molecule has 4 N–H and O–H groups in total. The lowest BCUT2D eigenvalue weighted by atomic mass is 10.2. The van der Waals surface area contributed by atoms with E-state index in [2.05, 4.69) is 10.6 Å².